The number of hydrogen-bond acceptors (Lipinski definition) is 24. The monoisotopic (exact) mass is 1430 g/mol. The molecule has 0 aliphatic carbocycles. The second-order valence-electron chi connectivity index (χ2n) is 24.7. The van der Waals surface area contributed by atoms with E-state index in [1.54, 1.807) is 10.9 Å². The van der Waals surface area contributed by atoms with Crippen molar-refractivity contribution in [3.63, 3.8) is 0 Å². The van der Waals surface area contributed by atoms with Crippen molar-refractivity contribution in [2.75, 3.05) is 20.8 Å². The van der Waals surface area contributed by atoms with Gasteiger partial charge in [-0.2, -0.15) is 15.0 Å². The van der Waals surface area contributed by atoms with E-state index in [-0.39, 0.29) is 35.9 Å². The Morgan fingerprint density at radius 2 is 1.12 bits per heavy atom. The number of nitrogens with two attached hydrogens (primary N) is 1. The van der Waals surface area contributed by atoms with Gasteiger partial charge in [-0.25, -0.2) is 28.3 Å². The molecular weight excluding hydrogens is 1350 g/mol. The van der Waals surface area contributed by atoms with Gasteiger partial charge in [-0.05, 0) is 119 Å². The molecule has 2 unspecified atom stereocenters. The molecule has 1 amide bonds. The van der Waals surface area contributed by atoms with Gasteiger partial charge in [-0.3, -0.25) is 24.0 Å². The van der Waals surface area contributed by atoms with E-state index >= 15 is 0 Å². The first kappa shape index (κ1) is 75.9. The Morgan fingerprint density at radius 1 is 0.571 bits per heavy atom. The van der Waals surface area contributed by atoms with Crippen LogP contribution in [0.25, 0.3) is 43.8 Å². The van der Waals surface area contributed by atoms with Gasteiger partial charge in [0.1, 0.15) is 24.6 Å². The summed E-state index contributed by atoms with van der Waals surface area (Å²) in [7, 11) is 2.50. The van der Waals surface area contributed by atoms with E-state index in [1.165, 1.54) is 102 Å². The van der Waals surface area contributed by atoms with E-state index in [0.29, 0.717) is 37.5 Å². The molecule has 29 nitrogen and oxygen atoms in total. The average molecular weight is 1430 g/mol. The third kappa shape index (κ3) is 18.4. The maximum Gasteiger partial charge on any atom is 0.378 e. The van der Waals surface area contributed by atoms with Crippen LogP contribution in [0.5, 0.6) is 0 Å². The summed E-state index contributed by atoms with van der Waals surface area (Å²) < 4.78 is 54.5. The van der Waals surface area contributed by atoms with Crippen molar-refractivity contribution in [1.29, 1.82) is 0 Å². The van der Waals surface area contributed by atoms with Crippen LogP contribution in [0.2, 0.25) is 0 Å². The highest BCUT2D eigenvalue weighted by atomic mass is 16.7. The molecule has 8 atom stereocenters. The standard InChI is InChI=1S/C27H24N6O3.C26H32N4O6.C23H25N3O7/c1-3-13-36-16-33-26(28-25(30-33)27(34)35-2)22-15-32(31-29-22)14-20-10-9-19-8-7-17-5-4-6-18-11-12-21(20)24(19)23(17)18;1-5-7-8-9-18-10-12-19(13-11-18)14-15-21-28-25(24(27)33)30(29-21)26-23(35-17(4)32)22(34-16(3)31)20(6-2)36-26;1-6-17-19(31-14(3)27)20(32-15(4)28)22(33-17)26-18(24-21(25-26)23(29)30-5)12-11-16-9-7-13(2)8-10-16/h4-12,15H,3,13-14,16H2,1-2H3;10-13,20,22-23,26H,5-9H2,1-4H3,(H2,27,33);7-10,17,19-20,22H,6H2,1-5H3/t;20-,22?,23+,26-;17-,19?,20+,22-/m.11/s1. The minimum absolute atomic E-state index is 0.0463. The number of aryl methyl sites for hydroxylation is 2. The maximum atomic E-state index is 12.2. The minimum Gasteiger partial charge on any atom is -0.463 e. The Kier molecular flexibility index (Phi) is 25.2. The fourth-order valence-corrected chi connectivity index (χ4v) is 12.2. The smallest absolute Gasteiger partial charge is 0.378 e. The molecule has 2 fully saturated rings. The Labute approximate surface area is 604 Å². The molecule has 2 N–H and O–H groups in total. The molecule has 546 valence electrons. The fraction of sp³-hybridized carbons (Fsp3) is 0.382. The molecule has 0 spiro atoms. The zero-order valence-electron chi connectivity index (χ0n) is 60.1. The summed E-state index contributed by atoms with van der Waals surface area (Å²) in [4.78, 5) is 95.9. The number of hydrogen-bond donors (Lipinski definition) is 1. The zero-order chi connectivity index (χ0) is 75.0. The first-order valence-electron chi connectivity index (χ1n) is 34.3. The minimum atomic E-state index is -1.09. The number of methoxy groups -OCH3 is 2. The molecule has 0 bridgehead atoms. The highest BCUT2D eigenvalue weighted by molar-refractivity contribution is 6.23. The molecule has 0 saturated carbocycles. The van der Waals surface area contributed by atoms with E-state index in [4.69, 9.17) is 48.4 Å². The average Bonchev–Trinajstić information content (AvgIpc) is 1.73. The van der Waals surface area contributed by atoms with Crippen molar-refractivity contribution < 1.29 is 76.2 Å². The lowest BCUT2D eigenvalue weighted by Crippen LogP contribution is -2.39. The third-order valence-electron chi connectivity index (χ3n) is 16.9. The van der Waals surface area contributed by atoms with E-state index in [2.05, 4.69) is 126 Å². The predicted molar refractivity (Wildman–Crippen MR) is 379 cm³/mol. The Balaban J connectivity index is 0.000000169. The molecule has 105 heavy (non-hydrogen) atoms. The Morgan fingerprint density at radius 3 is 1.70 bits per heavy atom. The lowest BCUT2D eigenvalue weighted by atomic mass is 9.92. The van der Waals surface area contributed by atoms with Gasteiger partial charge in [0.2, 0.25) is 17.5 Å². The normalized spacial score (nSPS) is 18.0. The summed E-state index contributed by atoms with van der Waals surface area (Å²) in [6.07, 6.45) is 0.989. The molecule has 12 rings (SSSR count). The van der Waals surface area contributed by atoms with Crippen LogP contribution in [-0.4, -0.2) is 158 Å². The predicted octanol–water partition coefficient (Wildman–Crippen LogP) is 9.28. The van der Waals surface area contributed by atoms with Crippen molar-refractivity contribution >= 4 is 74.0 Å². The van der Waals surface area contributed by atoms with Crippen LogP contribution in [0, 0.1) is 30.6 Å². The van der Waals surface area contributed by atoms with Gasteiger partial charge in [0.05, 0.1) is 27.0 Å². The van der Waals surface area contributed by atoms with Crippen LogP contribution in [0.3, 0.4) is 0 Å². The molecule has 10 aromatic rings. The summed E-state index contributed by atoms with van der Waals surface area (Å²) in [6, 6.07) is 34.9. The molecule has 29 heteroatoms. The summed E-state index contributed by atoms with van der Waals surface area (Å²) in [6.45, 7) is 16.0. The third-order valence-corrected chi connectivity index (χ3v) is 16.9. The van der Waals surface area contributed by atoms with Crippen LogP contribution in [-0.2, 0) is 81.5 Å². The first-order chi connectivity index (χ1) is 50.6. The van der Waals surface area contributed by atoms with E-state index < -0.39 is 90.8 Å². The number of nitrogens with zero attached hydrogens (tertiary/aromatic N) is 12. The van der Waals surface area contributed by atoms with Crippen LogP contribution < -0.4 is 5.73 Å². The quantitative estimate of drug-likeness (QED) is 0.0217. The van der Waals surface area contributed by atoms with Gasteiger partial charge in [-0.1, -0.05) is 142 Å². The summed E-state index contributed by atoms with van der Waals surface area (Å²) in [5.41, 5.74) is 11.0. The van der Waals surface area contributed by atoms with Gasteiger partial charge < -0.3 is 48.4 Å². The van der Waals surface area contributed by atoms with Crippen LogP contribution in [0.15, 0.2) is 109 Å². The molecule has 2 aliphatic heterocycles. The van der Waals surface area contributed by atoms with Crippen LogP contribution in [0.4, 0.5) is 0 Å². The van der Waals surface area contributed by atoms with Crippen LogP contribution >= 0.6 is 0 Å². The lowest BCUT2D eigenvalue weighted by molar-refractivity contribution is -0.165. The number of primary amides is 1. The van der Waals surface area contributed by atoms with Gasteiger partial charge in [-0.15, -0.1) is 20.4 Å². The summed E-state index contributed by atoms with van der Waals surface area (Å²) >= 11 is 0. The second kappa shape index (κ2) is 34.9. The number of unbranched alkanes of at least 4 members (excludes halogenated alkanes) is 2. The van der Waals surface area contributed by atoms with E-state index in [0.717, 1.165) is 46.2 Å². The Hall–Kier alpha value is -11.8. The topological polar surface area (TPSA) is 351 Å². The molecule has 6 aromatic carbocycles. The molecular formula is C76H81N13O16. The molecule has 0 radical (unpaired) electrons. The second-order valence-corrected chi connectivity index (χ2v) is 24.7. The lowest BCUT2D eigenvalue weighted by Gasteiger charge is -2.23. The van der Waals surface area contributed by atoms with Crippen molar-refractivity contribution in [3.05, 3.63) is 166 Å². The molecule has 2 saturated heterocycles. The molecule has 2 aliphatic rings. The van der Waals surface area contributed by atoms with Gasteiger partial charge in [0.15, 0.2) is 42.7 Å². The SMILES string of the molecule is CCCCCc1ccc(C#Cc2nc(C(N)=O)n([C@@H]3O[C@H](CC)C(OC(C)=O)[C@@H]3OC(C)=O)n2)cc1.CCCOCn1nc(C(=O)OC)nc1-c1cn(Cc2ccc3ccc4cccc5ccc2c3c45)nn1.CC[C@H]1O[C@@H](n2nc(C(=O)OC)nc2C#Cc2ccc(C)cc2)[C@@H](OC(C)=O)C1OC(C)=O. The number of carbonyl (C=O) groups excluding carboxylic acids is 7. The largest absolute Gasteiger partial charge is 0.463 e. The maximum absolute atomic E-state index is 12.2. The van der Waals surface area contributed by atoms with Crippen LogP contribution in [0.1, 0.15) is 178 Å². The number of rotatable bonds is 22. The number of carbonyl (C=O) groups is 7. The van der Waals surface area contributed by atoms with Gasteiger partial charge in [0, 0.05) is 45.4 Å². The molecule has 4 aromatic heterocycles. The highest BCUT2D eigenvalue weighted by Crippen LogP contribution is 2.39. The Bertz CT molecular complexity index is 4890. The number of aromatic nitrogens is 12. The molecule has 6 heterocycles. The number of ether oxygens (including phenoxy) is 9. The van der Waals surface area contributed by atoms with Crippen molar-refractivity contribution in [3.8, 4) is 35.2 Å². The summed E-state index contributed by atoms with van der Waals surface area (Å²) in [5.74, 6) is 7.18. The van der Waals surface area contributed by atoms with Crippen molar-refractivity contribution in [2.24, 2.45) is 5.73 Å². The number of esters is 6. The zero-order valence-corrected chi connectivity index (χ0v) is 60.1. The van der Waals surface area contributed by atoms with Gasteiger partial charge >= 0.3 is 35.8 Å². The number of amides is 1. The van der Waals surface area contributed by atoms with E-state index in [1.807, 2.05) is 76.2 Å². The number of benzene rings is 6. The van der Waals surface area contributed by atoms with Crippen molar-refractivity contribution in [2.45, 2.75) is 170 Å². The highest BCUT2D eigenvalue weighted by Gasteiger charge is 2.52. The van der Waals surface area contributed by atoms with Crippen molar-refractivity contribution in [1.82, 2.24) is 59.3 Å². The summed E-state index contributed by atoms with van der Waals surface area (Å²) in [5, 5.41) is 28.8. The fourth-order valence-electron chi connectivity index (χ4n) is 12.2. The van der Waals surface area contributed by atoms with E-state index in [9.17, 15) is 33.6 Å². The van der Waals surface area contributed by atoms with Gasteiger partial charge in [0.25, 0.3) is 17.6 Å². The first-order valence-corrected chi connectivity index (χ1v) is 34.3.